The number of nitrogens with one attached hydrogen (secondary N) is 1. The molecule has 8 nitrogen and oxygen atoms in total. The summed E-state index contributed by atoms with van der Waals surface area (Å²) >= 11 is 0. The average Bonchev–Trinajstić information content (AvgIpc) is 2.89. The molecular formula is C21H33N3O5. The lowest BCUT2D eigenvalue weighted by molar-refractivity contribution is -0.163. The Labute approximate surface area is 172 Å². The minimum absolute atomic E-state index is 0.0244. The zero-order chi connectivity index (χ0) is 21.3. The van der Waals surface area contributed by atoms with Crippen molar-refractivity contribution in [2.24, 2.45) is 5.92 Å². The van der Waals surface area contributed by atoms with Crippen molar-refractivity contribution in [2.45, 2.75) is 96.4 Å². The quantitative estimate of drug-likeness (QED) is 0.569. The molecule has 2 heterocycles. The summed E-state index contributed by atoms with van der Waals surface area (Å²) in [7, 11) is 0. The molecule has 3 aliphatic rings. The molecular weight excluding hydrogens is 374 g/mol. The standard InChI is InChI=1S/C21H33N3O5/c1-13-8-5-6-11-21(13)19(27)23(20(28)22-21)12-17(25)29-16(4)18(26)24-14(2)9-7-10-15(24)3/h13-16H,5-12H2,1-4H3,(H,22,28)/t13-,14-,15+,16+,21-/m1/s1. The minimum Gasteiger partial charge on any atom is -0.451 e. The highest BCUT2D eigenvalue weighted by Gasteiger charge is 2.55. The van der Waals surface area contributed by atoms with E-state index in [1.165, 1.54) is 0 Å². The molecule has 1 N–H and O–H groups in total. The van der Waals surface area contributed by atoms with Gasteiger partial charge >= 0.3 is 12.0 Å². The highest BCUT2D eigenvalue weighted by atomic mass is 16.5. The van der Waals surface area contributed by atoms with Crippen molar-refractivity contribution >= 4 is 23.8 Å². The number of hydrogen-bond acceptors (Lipinski definition) is 5. The molecule has 0 unspecified atom stereocenters. The molecule has 0 bridgehead atoms. The summed E-state index contributed by atoms with van der Waals surface area (Å²) in [5.74, 6) is -1.31. The van der Waals surface area contributed by atoms with Gasteiger partial charge in [-0.3, -0.25) is 19.3 Å². The van der Waals surface area contributed by atoms with Gasteiger partial charge in [0.15, 0.2) is 6.10 Å². The molecule has 3 rings (SSSR count). The van der Waals surface area contributed by atoms with Crippen LogP contribution >= 0.6 is 0 Å². The molecule has 8 heteroatoms. The van der Waals surface area contributed by atoms with Crippen molar-refractivity contribution in [1.29, 1.82) is 0 Å². The van der Waals surface area contributed by atoms with E-state index in [1.807, 2.05) is 20.8 Å². The van der Waals surface area contributed by atoms with Gasteiger partial charge in [-0.15, -0.1) is 0 Å². The summed E-state index contributed by atoms with van der Waals surface area (Å²) < 4.78 is 5.32. The van der Waals surface area contributed by atoms with Gasteiger partial charge in [0.1, 0.15) is 12.1 Å². The zero-order valence-electron chi connectivity index (χ0n) is 17.9. The van der Waals surface area contributed by atoms with Gasteiger partial charge in [0.05, 0.1) is 0 Å². The van der Waals surface area contributed by atoms with Crippen molar-refractivity contribution in [2.75, 3.05) is 6.54 Å². The molecule has 1 aliphatic carbocycles. The Morgan fingerprint density at radius 1 is 1.10 bits per heavy atom. The molecule has 0 aromatic heterocycles. The van der Waals surface area contributed by atoms with Crippen molar-refractivity contribution in [3.05, 3.63) is 0 Å². The fourth-order valence-electron chi connectivity index (χ4n) is 5.12. The number of carbonyl (C=O) groups is 4. The van der Waals surface area contributed by atoms with E-state index in [4.69, 9.17) is 4.74 Å². The van der Waals surface area contributed by atoms with Gasteiger partial charge in [-0.2, -0.15) is 0 Å². The summed E-state index contributed by atoms with van der Waals surface area (Å²) in [6, 6.07) is -0.352. The van der Waals surface area contributed by atoms with Crippen LogP contribution in [0.5, 0.6) is 0 Å². The number of piperidine rings is 1. The Morgan fingerprint density at radius 3 is 2.38 bits per heavy atom. The smallest absolute Gasteiger partial charge is 0.327 e. The van der Waals surface area contributed by atoms with Crippen LogP contribution in [0.1, 0.15) is 72.6 Å². The van der Waals surface area contributed by atoms with Gasteiger partial charge in [-0.1, -0.05) is 19.8 Å². The van der Waals surface area contributed by atoms with E-state index < -0.39 is 30.2 Å². The molecule has 1 spiro atoms. The topological polar surface area (TPSA) is 96.0 Å². The van der Waals surface area contributed by atoms with E-state index in [2.05, 4.69) is 5.32 Å². The second-order valence-electron chi connectivity index (χ2n) is 8.95. The Hall–Kier alpha value is -2.12. The highest BCUT2D eigenvalue weighted by Crippen LogP contribution is 2.38. The van der Waals surface area contributed by atoms with Crippen molar-refractivity contribution < 1.29 is 23.9 Å². The number of rotatable bonds is 4. The number of imide groups is 1. The molecule has 162 valence electrons. The molecule has 1 saturated carbocycles. The third kappa shape index (κ3) is 3.98. The SMILES string of the molecule is C[C@H](OC(=O)CN1C(=O)N[C@@]2(CCCC[C@H]2C)C1=O)C(=O)N1[C@H](C)CCC[C@@H]1C. The molecule has 3 fully saturated rings. The summed E-state index contributed by atoms with van der Waals surface area (Å²) in [5.41, 5.74) is -0.907. The van der Waals surface area contributed by atoms with Gasteiger partial charge in [0, 0.05) is 12.1 Å². The number of urea groups is 1. The van der Waals surface area contributed by atoms with Crippen LogP contribution in [0.4, 0.5) is 4.79 Å². The van der Waals surface area contributed by atoms with Crippen LogP contribution in [0.25, 0.3) is 0 Å². The third-order valence-electron chi connectivity index (χ3n) is 6.89. The average molecular weight is 408 g/mol. The first-order valence-electron chi connectivity index (χ1n) is 10.8. The molecule has 4 amide bonds. The maximum Gasteiger partial charge on any atom is 0.327 e. The van der Waals surface area contributed by atoms with E-state index >= 15 is 0 Å². The molecule has 2 saturated heterocycles. The molecule has 29 heavy (non-hydrogen) atoms. The number of likely N-dealkylation sites (tertiary alicyclic amines) is 1. The predicted octanol–water partition coefficient (Wildman–Crippen LogP) is 2.21. The van der Waals surface area contributed by atoms with E-state index in [-0.39, 0.29) is 29.8 Å². The fourth-order valence-corrected chi connectivity index (χ4v) is 5.12. The maximum absolute atomic E-state index is 13.0. The predicted molar refractivity (Wildman–Crippen MR) is 106 cm³/mol. The van der Waals surface area contributed by atoms with Crippen LogP contribution < -0.4 is 5.32 Å². The number of esters is 1. The zero-order valence-corrected chi connectivity index (χ0v) is 17.9. The molecule has 2 aliphatic heterocycles. The van der Waals surface area contributed by atoms with Crippen LogP contribution in [0.15, 0.2) is 0 Å². The van der Waals surface area contributed by atoms with Crippen LogP contribution in [-0.2, 0) is 19.1 Å². The normalized spacial score (nSPS) is 33.6. The number of ether oxygens (including phenoxy) is 1. The van der Waals surface area contributed by atoms with E-state index in [9.17, 15) is 19.2 Å². The van der Waals surface area contributed by atoms with Crippen LogP contribution in [-0.4, -0.2) is 63.9 Å². The second kappa shape index (κ2) is 8.32. The number of nitrogens with zero attached hydrogens (tertiary/aromatic N) is 2. The lowest BCUT2D eigenvalue weighted by Crippen LogP contribution is -2.54. The van der Waals surface area contributed by atoms with Crippen LogP contribution in [0, 0.1) is 5.92 Å². The summed E-state index contributed by atoms with van der Waals surface area (Å²) in [4.78, 5) is 53.3. The van der Waals surface area contributed by atoms with Crippen molar-refractivity contribution in [3.63, 3.8) is 0 Å². The lowest BCUT2D eigenvalue weighted by atomic mass is 9.73. The first-order chi connectivity index (χ1) is 13.7. The Kier molecular flexibility index (Phi) is 6.19. The molecule has 5 atom stereocenters. The fraction of sp³-hybridized carbons (Fsp3) is 0.810. The lowest BCUT2D eigenvalue weighted by Gasteiger charge is -2.40. The van der Waals surface area contributed by atoms with E-state index in [1.54, 1.807) is 11.8 Å². The van der Waals surface area contributed by atoms with Gasteiger partial charge in [0.2, 0.25) is 0 Å². The van der Waals surface area contributed by atoms with E-state index in [0.29, 0.717) is 6.42 Å². The number of carbonyl (C=O) groups excluding carboxylic acids is 4. The van der Waals surface area contributed by atoms with Gasteiger partial charge in [-0.05, 0) is 58.8 Å². The number of hydrogen-bond donors (Lipinski definition) is 1. The summed E-state index contributed by atoms with van der Waals surface area (Å²) in [6.07, 6.45) is 5.33. The Bertz CT molecular complexity index is 686. The van der Waals surface area contributed by atoms with Crippen LogP contribution in [0.3, 0.4) is 0 Å². The minimum atomic E-state index is -0.950. The summed E-state index contributed by atoms with van der Waals surface area (Å²) in [5, 5.41) is 2.82. The van der Waals surface area contributed by atoms with Gasteiger partial charge < -0.3 is 15.0 Å². The second-order valence-corrected chi connectivity index (χ2v) is 8.95. The number of amides is 4. The summed E-state index contributed by atoms with van der Waals surface area (Å²) in [6.45, 7) is 7.04. The highest BCUT2D eigenvalue weighted by molar-refractivity contribution is 6.09. The third-order valence-corrected chi connectivity index (χ3v) is 6.89. The van der Waals surface area contributed by atoms with Gasteiger partial charge in [-0.25, -0.2) is 4.79 Å². The first-order valence-corrected chi connectivity index (χ1v) is 10.8. The largest absolute Gasteiger partial charge is 0.451 e. The van der Waals surface area contributed by atoms with Gasteiger partial charge in [0.25, 0.3) is 11.8 Å². The van der Waals surface area contributed by atoms with Crippen molar-refractivity contribution in [3.8, 4) is 0 Å². The Morgan fingerprint density at radius 2 is 1.76 bits per heavy atom. The first kappa shape index (κ1) is 21.6. The van der Waals surface area contributed by atoms with Crippen LogP contribution in [0.2, 0.25) is 0 Å². The van der Waals surface area contributed by atoms with E-state index in [0.717, 1.165) is 43.4 Å². The van der Waals surface area contributed by atoms with Crippen molar-refractivity contribution in [1.82, 2.24) is 15.1 Å². The Balaban J connectivity index is 1.61. The molecule has 0 radical (unpaired) electrons. The molecule has 0 aromatic carbocycles. The monoisotopic (exact) mass is 407 g/mol. The maximum atomic E-state index is 13.0. The molecule has 0 aromatic rings.